The first-order valence-electron chi connectivity index (χ1n) is 6.47. The van der Waals surface area contributed by atoms with Gasteiger partial charge in [-0.1, -0.05) is 42.5 Å². The van der Waals surface area contributed by atoms with Crippen molar-refractivity contribution in [2.24, 2.45) is 5.92 Å². The number of hydrogen-bond acceptors (Lipinski definition) is 3. The van der Waals surface area contributed by atoms with Gasteiger partial charge in [0.25, 0.3) is 0 Å². The minimum atomic E-state index is -0.837. The summed E-state index contributed by atoms with van der Waals surface area (Å²) in [6.45, 7) is 0. The van der Waals surface area contributed by atoms with Crippen LogP contribution in [0.5, 0.6) is 0 Å². The maximum Gasteiger partial charge on any atom is 0.310 e. The minimum absolute atomic E-state index is 0.0494. The third kappa shape index (κ3) is 4.42. The Labute approximate surface area is 122 Å². The summed E-state index contributed by atoms with van der Waals surface area (Å²) in [5.74, 6) is -0.177. The lowest BCUT2D eigenvalue weighted by Crippen LogP contribution is -2.34. The number of carboxylic acids is 1. The van der Waals surface area contributed by atoms with Gasteiger partial charge in [-0.3, -0.25) is 9.59 Å². The molecule has 1 aromatic carbocycles. The number of carboxylic acid groups (broad SMARTS) is 1. The Balaban J connectivity index is 1.67. The minimum Gasteiger partial charge on any atom is -0.481 e. The molecular formula is C15H17NO3S. The predicted molar refractivity (Wildman–Crippen MR) is 79.4 cm³/mol. The second kappa shape index (κ2) is 7.14. The smallest absolute Gasteiger partial charge is 0.310 e. The molecule has 0 saturated heterocycles. The molecule has 4 nitrogen and oxygen atoms in total. The number of carbonyl (C=O) groups is 2. The first kappa shape index (κ1) is 14.7. The lowest BCUT2D eigenvalue weighted by Gasteiger charge is -2.11. The molecular weight excluding hydrogens is 274 g/mol. The van der Waals surface area contributed by atoms with Crippen molar-refractivity contribution in [1.82, 2.24) is 5.32 Å². The Morgan fingerprint density at radius 2 is 2.00 bits per heavy atom. The van der Waals surface area contributed by atoms with E-state index >= 15 is 0 Å². The van der Waals surface area contributed by atoms with Crippen molar-refractivity contribution < 1.29 is 14.7 Å². The van der Waals surface area contributed by atoms with E-state index in [1.807, 2.05) is 30.3 Å². The van der Waals surface area contributed by atoms with Gasteiger partial charge in [0.05, 0.1) is 11.7 Å². The van der Waals surface area contributed by atoms with Gasteiger partial charge in [-0.05, 0) is 12.0 Å². The maximum absolute atomic E-state index is 11.8. The van der Waals surface area contributed by atoms with Crippen molar-refractivity contribution in [2.45, 2.75) is 18.2 Å². The van der Waals surface area contributed by atoms with Gasteiger partial charge in [0.2, 0.25) is 5.91 Å². The van der Waals surface area contributed by atoms with Crippen molar-refractivity contribution in [1.29, 1.82) is 0 Å². The number of benzene rings is 1. The maximum atomic E-state index is 11.8. The van der Waals surface area contributed by atoms with Crippen molar-refractivity contribution in [2.75, 3.05) is 5.75 Å². The predicted octanol–water partition coefficient (Wildman–Crippen LogP) is 2.07. The third-order valence-corrected chi connectivity index (χ3v) is 4.10. The van der Waals surface area contributed by atoms with Crippen LogP contribution in [-0.2, 0) is 15.3 Å². The molecule has 5 heteroatoms. The standard InChI is InChI=1S/C15H17NO3S/c17-14(10-20-9-11-4-2-1-3-5-11)16-13-7-6-12(8-13)15(18)19/h1-7,12-13H,8-10H2,(H,16,17)(H,18,19). The highest BCUT2D eigenvalue weighted by atomic mass is 32.2. The molecule has 2 unspecified atom stereocenters. The van der Waals surface area contributed by atoms with E-state index < -0.39 is 11.9 Å². The van der Waals surface area contributed by atoms with Crippen LogP contribution in [0.4, 0.5) is 0 Å². The average Bonchev–Trinajstić information content (AvgIpc) is 2.88. The van der Waals surface area contributed by atoms with Crippen molar-refractivity contribution in [3.8, 4) is 0 Å². The van der Waals surface area contributed by atoms with Crippen LogP contribution in [0.15, 0.2) is 42.5 Å². The van der Waals surface area contributed by atoms with Crippen molar-refractivity contribution in [3.63, 3.8) is 0 Å². The van der Waals surface area contributed by atoms with Gasteiger partial charge < -0.3 is 10.4 Å². The topological polar surface area (TPSA) is 66.4 Å². The summed E-state index contributed by atoms with van der Waals surface area (Å²) in [7, 11) is 0. The molecule has 20 heavy (non-hydrogen) atoms. The van der Waals surface area contributed by atoms with Gasteiger partial charge >= 0.3 is 5.97 Å². The third-order valence-electron chi connectivity index (χ3n) is 3.09. The summed E-state index contributed by atoms with van der Waals surface area (Å²) in [5.41, 5.74) is 1.19. The normalized spacial score (nSPS) is 20.8. The van der Waals surface area contributed by atoms with E-state index in [4.69, 9.17) is 5.11 Å². The van der Waals surface area contributed by atoms with Crippen LogP contribution in [-0.4, -0.2) is 28.8 Å². The summed E-state index contributed by atoms with van der Waals surface area (Å²) in [6, 6.07) is 9.83. The first-order valence-corrected chi connectivity index (χ1v) is 7.63. The second-order valence-corrected chi connectivity index (χ2v) is 5.70. The zero-order chi connectivity index (χ0) is 14.4. The van der Waals surface area contributed by atoms with Gasteiger partial charge in [0.15, 0.2) is 0 Å². The molecule has 0 fully saturated rings. The molecule has 0 aromatic heterocycles. The van der Waals surface area contributed by atoms with E-state index in [0.717, 1.165) is 5.75 Å². The van der Waals surface area contributed by atoms with Crippen molar-refractivity contribution in [3.05, 3.63) is 48.0 Å². The van der Waals surface area contributed by atoms with E-state index in [1.54, 1.807) is 23.9 Å². The fourth-order valence-corrected chi connectivity index (χ4v) is 2.87. The molecule has 106 valence electrons. The van der Waals surface area contributed by atoms with Gasteiger partial charge in [-0.15, -0.1) is 11.8 Å². The summed E-state index contributed by atoms with van der Waals surface area (Å²) in [6.07, 6.45) is 3.85. The van der Waals surface area contributed by atoms with Crippen LogP contribution in [0.3, 0.4) is 0 Å². The summed E-state index contributed by atoms with van der Waals surface area (Å²) in [4.78, 5) is 22.5. The van der Waals surface area contributed by atoms with Gasteiger partial charge in [-0.2, -0.15) is 0 Å². The molecule has 2 N–H and O–H groups in total. The molecule has 0 heterocycles. The Bertz CT molecular complexity index is 501. The molecule has 0 saturated carbocycles. The van der Waals surface area contributed by atoms with Crippen LogP contribution in [0.25, 0.3) is 0 Å². The summed E-state index contributed by atoms with van der Waals surface area (Å²) < 4.78 is 0. The van der Waals surface area contributed by atoms with Crippen LogP contribution < -0.4 is 5.32 Å². The molecule has 2 rings (SSSR count). The zero-order valence-corrected chi connectivity index (χ0v) is 11.8. The number of thioether (sulfide) groups is 1. The van der Waals surface area contributed by atoms with Gasteiger partial charge in [0.1, 0.15) is 0 Å². The quantitative estimate of drug-likeness (QED) is 0.787. The second-order valence-electron chi connectivity index (χ2n) is 4.72. The first-order chi connectivity index (χ1) is 9.65. The fraction of sp³-hybridized carbons (Fsp3) is 0.333. The highest BCUT2D eigenvalue weighted by Crippen LogP contribution is 2.18. The van der Waals surface area contributed by atoms with Gasteiger partial charge in [0, 0.05) is 11.8 Å². The van der Waals surface area contributed by atoms with Crippen LogP contribution in [0, 0.1) is 5.92 Å². The highest BCUT2D eigenvalue weighted by molar-refractivity contribution is 7.99. The molecule has 1 aliphatic carbocycles. The number of carbonyl (C=O) groups excluding carboxylic acids is 1. The number of aliphatic carboxylic acids is 1. The molecule has 2 atom stereocenters. The molecule has 0 spiro atoms. The van der Waals surface area contributed by atoms with Crippen LogP contribution in [0.2, 0.25) is 0 Å². The van der Waals surface area contributed by atoms with Crippen LogP contribution in [0.1, 0.15) is 12.0 Å². The van der Waals surface area contributed by atoms with Crippen LogP contribution >= 0.6 is 11.8 Å². The SMILES string of the molecule is O=C(CSCc1ccccc1)NC1C=CC(C(=O)O)C1. The Morgan fingerprint density at radius 3 is 2.65 bits per heavy atom. The Kier molecular flexibility index (Phi) is 5.24. The largest absolute Gasteiger partial charge is 0.481 e. The fourth-order valence-electron chi connectivity index (χ4n) is 2.07. The zero-order valence-electron chi connectivity index (χ0n) is 11.0. The van der Waals surface area contributed by atoms with E-state index in [1.165, 1.54) is 5.56 Å². The van der Waals surface area contributed by atoms with E-state index in [9.17, 15) is 9.59 Å². The molecule has 0 bridgehead atoms. The van der Waals surface area contributed by atoms with Crippen molar-refractivity contribution >= 4 is 23.6 Å². The number of rotatable bonds is 6. The summed E-state index contributed by atoms with van der Waals surface area (Å²) >= 11 is 1.55. The van der Waals surface area contributed by atoms with E-state index in [2.05, 4.69) is 5.32 Å². The lowest BCUT2D eigenvalue weighted by molar-refractivity contribution is -0.140. The Hall–Kier alpha value is -1.75. The van der Waals surface area contributed by atoms with Gasteiger partial charge in [-0.25, -0.2) is 0 Å². The molecule has 1 aromatic rings. The number of amides is 1. The molecule has 1 aliphatic rings. The number of nitrogens with one attached hydrogen (secondary N) is 1. The van der Waals surface area contributed by atoms with E-state index in [-0.39, 0.29) is 11.9 Å². The monoisotopic (exact) mass is 291 g/mol. The highest BCUT2D eigenvalue weighted by Gasteiger charge is 2.25. The number of hydrogen-bond donors (Lipinski definition) is 2. The molecule has 0 aliphatic heterocycles. The Morgan fingerprint density at radius 1 is 1.25 bits per heavy atom. The van der Waals surface area contributed by atoms with E-state index in [0.29, 0.717) is 12.2 Å². The molecule has 1 amide bonds. The lowest BCUT2D eigenvalue weighted by atomic mass is 10.1. The average molecular weight is 291 g/mol. The summed E-state index contributed by atoms with van der Waals surface area (Å²) in [5, 5.41) is 11.7. The molecule has 0 radical (unpaired) electrons.